The van der Waals surface area contributed by atoms with Crippen LogP contribution in [0.1, 0.15) is 31.7 Å². The molecule has 3 rings (SSSR count). The molecule has 2 aromatic rings. The highest BCUT2D eigenvalue weighted by Crippen LogP contribution is 2.14. The molecule has 1 aliphatic heterocycles. The van der Waals surface area contributed by atoms with Gasteiger partial charge in [0, 0.05) is 31.9 Å². The molecule has 32 heavy (non-hydrogen) atoms. The molecule has 0 aliphatic carbocycles. The van der Waals surface area contributed by atoms with E-state index in [1.807, 2.05) is 66.4 Å². The van der Waals surface area contributed by atoms with Crippen LogP contribution < -0.4 is 20.7 Å². The Morgan fingerprint density at radius 2 is 1.84 bits per heavy atom. The summed E-state index contributed by atoms with van der Waals surface area (Å²) in [7, 11) is 0. The molecule has 2 aromatic carbocycles. The number of para-hydroxylation sites is 1. The highest BCUT2D eigenvalue weighted by molar-refractivity contribution is 14.0. The average Bonchev–Trinajstić information content (AvgIpc) is 3.33. The number of carbonyl (C=O) groups excluding carboxylic acids is 1. The van der Waals surface area contributed by atoms with E-state index < -0.39 is 0 Å². The van der Waals surface area contributed by atoms with Gasteiger partial charge >= 0.3 is 6.03 Å². The third-order valence-electron chi connectivity index (χ3n) is 4.96. The first-order valence-corrected chi connectivity index (χ1v) is 11.1. The number of amides is 2. The Labute approximate surface area is 208 Å². The van der Waals surface area contributed by atoms with Gasteiger partial charge < -0.3 is 25.6 Å². The summed E-state index contributed by atoms with van der Waals surface area (Å²) in [5.74, 6) is 1.66. The quantitative estimate of drug-likeness (QED) is 0.186. The van der Waals surface area contributed by atoms with Crippen LogP contribution in [0.4, 0.5) is 10.5 Å². The monoisotopic (exact) mass is 551 g/mol. The number of halogens is 1. The Morgan fingerprint density at radius 1 is 1.06 bits per heavy atom. The summed E-state index contributed by atoms with van der Waals surface area (Å²) in [6.07, 6.45) is 3.04. The molecule has 174 valence electrons. The maximum atomic E-state index is 12.3. The second-order valence-corrected chi connectivity index (χ2v) is 7.46. The van der Waals surface area contributed by atoms with Crippen LogP contribution in [0.15, 0.2) is 59.6 Å². The number of carbonyl (C=O) groups is 1. The molecule has 0 bridgehead atoms. The number of likely N-dealkylation sites (tertiary alicyclic amines) is 1. The number of benzene rings is 2. The third kappa shape index (κ3) is 8.94. The van der Waals surface area contributed by atoms with Gasteiger partial charge in [-0.1, -0.05) is 30.3 Å². The van der Waals surface area contributed by atoms with Crippen molar-refractivity contribution >= 4 is 41.7 Å². The van der Waals surface area contributed by atoms with Crippen LogP contribution in [-0.4, -0.2) is 49.7 Å². The molecule has 0 aromatic heterocycles. The Balaban J connectivity index is 0.00000363. The zero-order chi connectivity index (χ0) is 21.7. The lowest BCUT2D eigenvalue weighted by molar-refractivity contribution is 0.222. The van der Waals surface area contributed by atoms with E-state index in [1.54, 1.807) is 0 Å². The fraction of sp³-hybridized carbons (Fsp3) is 0.417. The fourth-order valence-corrected chi connectivity index (χ4v) is 3.37. The molecule has 1 heterocycles. The predicted molar refractivity (Wildman–Crippen MR) is 141 cm³/mol. The van der Waals surface area contributed by atoms with Crippen molar-refractivity contribution in [3.63, 3.8) is 0 Å². The predicted octanol–water partition coefficient (Wildman–Crippen LogP) is 4.46. The molecule has 0 unspecified atom stereocenters. The van der Waals surface area contributed by atoms with Gasteiger partial charge in [0.2, 0.25) is 0 Å². The van der Waals surface area contributed by atoms with E-state index in [1.165, 1.54) is 0 Å². The summed E-state index contributed by atoms with van der Waals surface area (Å²) < 4.78 is 5.72. The Morgan fingerprint density at radius 3 is 2.59 bits per heavy atom. The lowest BCUT2D eigenvalue weighted by Gasteiger charge is -2.16. The lowest BCUT2D eigenvalue weighted by Crippen LogP contribution is -2.38. The smallest absolute Gasteiger partial charge is 0.321 e. The van der Waals surface area contributed by atoms with E-state index in [9.17, 15) is 4.79 Å². The molecular formula is C24H34IN5O2. The molecule has 7 nitrogen and oxygen atoms in total. The summed E-state index contributed by atoms with van der Waals surface area (Å²) >= 11 is 0. The first-order chi connectivity index (χ1) is 15.2. The van der Waals surface area contributed by atoms with E-state index in [2.05, 4.69) is 20.9 Å². The SMILES string of the molecule is CCNC(=NCc1cccc(NC(=O)N2CCCC2)c1)NCCCOc1ccccc1.I. The number of nitrogens with zero attached hydrogens (tertiary/aromatic N) is 2. The van der Waals surface area contributed by atoms with Crippen molar-refractivity contribution < 1.29 is 9.53 Å². The van der Waals surface area contributed by atoms with Crippen LogP contribution in [-0.2, 0) is 6.54 Å². The summed E-state index contributed by atoms with van der Waals surface area (Å²) in [4.78, 5) is 18.8. The number of guanidine groups is 1. The Hall–Kier alpha value is -2.49. The van der Waals surface area contributed by atoms with Crippen molar-refractivity contribution in [2.45, 2.75) is 32.7 Å². The number of hydrogen-bond donors (Lipinski definition) is 3. The Kier molecular flexibility index (Phi) is 11.7. The van der Waals surface area contributed by atoms with Crippen LogP contribution in [0.3, 0.4) is 0 Å². The van der Waals surface area contributed by atoms with Crippen LogP contribution in [0.5, 0.6) is 5.75 Å². The standard InChI is InChI=1S/C24H33N5O2.HI/c1-2-25-23(26-14-9-17-31-22-12-4-3-5-13-22)27-19-20-10-8-11-21(18-20)28-24(30)29-15-6-7-16-29;/h3-5,8,10-13,18H,2,6-7,9,14-17,19H2,1H3,(H,28,30)(H2,25,26,27);1H. The van der Waals surface area contributed by atoms with Gasteiger partial charge in [-0.05, 0) is 56.0 Å². The normalized spacial score (nSPS) is 13.3. The van der Waals surface area contributed by atoms with E-state index in [0.717, 1.165) is 68.4 Å². The molecule has 2 amide bonds. The molecule has 8 heteroatoms. The minimum atomic E-state index is -0.0223. The number of ether oxygens (including phenoxy) is 1. The van der Waals surface area contributed by atoms with Crippen molar-refractivity contribution in [2.24, 2.45) is 4.99 Å². The van der Waals surface area contributed by atoms with E-state index in [0.29, 0.717) is 13.2 Å². The number of hydrogen-bond acceptors (Lipinski definition) is 3. The van der Waals surface area contributed by atoms with Gasteiger partial charge in [0.15, 0.2) is 5.96 Å². The number of aliphatic imine (C=N–C) groups is 1. The zero-order valence-corrected chi connectivity index (χ0v) is 21.0. The molecule has 0 spiro atoms. The molecule has 0 atom stereocenters. The summed E-state index contributed by atoms with van der Waals surface area (Å²) in [5, 5.41) is 9.60. The first-order valence-electron chi connectivity index (χ1n) is 11.1. The van der Waals surface area contributed by atoms with Crippen molar-refractivity contribution in [1.29, 1.82) is 0 Å². The van der Waals surface area contributed by atoms with Crippen LogP contribution >= 0.6 is 24.0 Å². The highest BCUT2D eigenvalue weighted by atomic mass is 127. The Bertz CT molecular complexity index is 841. The molecular weight excluding hydrogens is 517 g/mol. The topological polar surface area (TPSA) is 78.0 Å². The van der Waals surface area contributed by atoms with Gasteiger partial charge in [0.05, 0.1) is 13.2 Å². The number of nitrogens with one attached hydrogen (secondary N) is 3. The molecule has 1 saturated heterocycles. The maximum absolute atomic E-state index is 12.3. The average molecular weight is 551 g/mol. The fourth-order valence-electron chi connectivity index (χ4n) is 3.37. The maximum Gasteiger partial charge on any atom is 0.321 e. The molecule has 0 saturated carbocycles. The van der Waals surface area contributed by atoms with Gasteiger partial charge in [-0.3, -0.25) is 0 Å². The lowest BCUT2D eigenvalue weighted by atomic mass is 10.2. The second kappa shape index (κ2) is 14.5. The molecule has 1 aliphatic rings. The number of urea groups is 1. The molecule has 0 radical (unpaired) electrons. The first kappa shape index (κ1) is 25.8. The molecule has 3 N–H and O–H groups in total. The van der Waals surface area contributed by atoms with Gasteiger partial charge in [0.25, 0.3) is 0 Å². The van der Waals surface area contributed by atoms with E-state index in [4.69, 9.17) is 4.74 Å². The number of anilines is 1. The minimum Gasteiger partial charge on any atom is -0.494 e. The van der Waals surface area contributed by atoms with Gasteiger partial charge in [-0.25, -0.2) is 9.79 Å². The zero-order valence-electron chi connectivity index (χ0n) is 18.7. The van der Waals surface area contributed by atoms with Crippen molar-refractivity contribution in [2.75, 3.05) is 38.1 Å². The largest absolute Gasteiger partial charge is 0.494 e. The highest BCUT2D eigenvalue weighted by Gasteiger charge is 2.17. The van der Waals surface area contributed by atoms with Gasteiger partial charge in [-0.15, -0.1) is 24.0 Å². The van der Waals surface area contributed by atoms with Crippen molar-refractivity contribution in [3.8, 4) is 5.75 Å². The number of rotatable bonds is 9. The summed E-state index contributed by atoms with van der Waals surface area (Å²) in [5.41, 5.74) is 1.85. The van der Waals surface area contributed by atoms with Crippen LogP contribution in [0.2, 0.25) is 0 Å². The van der Waals surface area contributed by atoms with Gasteiger partial charge in [0.1, 0.15) is 5.75 Å². The van der Waals surface area contributed by atoms with Crippen LogP contribution in [0.25, 0.3) is 0 Å². The summed E-state index contributed by atoms with van der Waals surface area (Å²) in [6, 6.07) is 17.7. The van der Waals surface area contributed by atoms with Crippen LogP contribution in [0, 0.1) is 0 Å². The summed E-state index contributed by atoms with van der Waals surface area (Å²) in [6.45, 7) is 6.46. The second-order valence-electron chi connectivity index (χ2n) is 7.46. The van der Waals surface area contributed by atoms with E-state index in [-0.39, 0.29) is 30.0 Å². The van der Waals surface area contributed by atoms with Crippen molar-refractivity contribution in [3.05, 3.63) is 60.2 Å². The van der Waals surface area contributed by atoms with Gasteiger partial charge in [-0.2, -0.15) is 0 Å². The van der Waals surface area contributed by atoms with Crippen molar-refractivity contribution in [1.82, 2.24) is 15.5 Å². The van der Waals surface area contributed by atoms with E-state index >= 15 is 0 Å². The molecule has 1 fully saturated rings. The third-order valence-corrected chi connectivity index (χ3v) is 4.96. The minimum absolute atomic E-state index is 0.